The van der Waals surface area contributed by atoms with Crippen LogP contribution in [0.1, 0.15) is 43.4 Å². The molecule has 6 heteroatoms. The topological polar surface area (TPSA) is 76.1 Å². The van der Waals surface area contributed by atoms with Crippen LogP contribution in [0.3, 0.4) is 0 Å². The van der Waals surface area contributed by atoms with Crippen molar-refractivity contribution in [2.24, 2.45) is 0 Å². The van der Waals surface area contributed by atoms with Gasteiger partial charge in [-0.1, -0.05) is 6.92 Å². The molecule has 128 valence electrons. The first-order valence-electron chi connectivity index (χ1n) is 8.15. The summed E-state index contributed by atoms with van der Waals surface area (Å²) >= 11 is 0. The van der Waals surface area contributed by atoms with Crippen LogP contribution in [0.4, 0.5) is 11.6 Å². The molecular formula is C18H24N4O2. The Morgan fingerprint density at radius 3 is 2.54 bits per heavy atom. The van der Waals surface area contributed by atoms with Crippen molar-refractivity contribution >= 4 is 17.5 Å². The van der Waals surface area contributed by atoms with E-state index in [1.165, 1.54) is 0 Å². The number of aromatic nitrogens is 2. The van der Waals surface area contributed by atoms with Crippen molar-refractivity contribution in [2.45, 2.75) is 40.2 Å². The lowest BCUT2D eigenvalue weighted by atomic mass is 10.2. The largest absolute Gasteiger partial charge is 0.491 e. The van der Waals surface area contributed by atoms with E-state index in [9.17, 15) is 4.79 Å². The standard InChI is InChI=1S/C18H24N4O2/c1-5-10-19-18-20-13(4)11-16(22-18)17(23)21-14-6-8-15(9-7-14)24-12(2)3/h6-9,11-12H,5,10H2,1-4H3,(H,21,23)(H,19,20,22). The Bertz CT molecular complexity index is 684. The molecule has 24 heavy (non-hydrogen) atoms. The van der Waals surface area contributed by atoms with Gasteiger partial charge in [-0.2, -0.15) is 0 Å². The fourth-order valence-electron chi connectivity index (χ4n) is 2.08. The zero-order valence-electron chi connectivity index (χ0n) is 14.6. The second-order valence-corrected chi connectivity index (χ2v) is 5.79. The number of ether oxygens (including phenoxy) is 1. The Morgan fingerprint density at radius 1 is 1.21 bits per heavy atom. The molecule has 6 nitrogen and oxygen atoms in total. The summed E-state index contributed by atoms with van der Waals surface area (Å²) in [5.74, 6) is 0.979. The molecule has 2 rings (SSSR count). The molecular weight excluding hydrogens is 304 g/mol. The average Bonchev–Trinajstić information content (AvgIpc) is 2.53. The lowest BCUT2D eigenvalue weighted by Crippen LogP contribution is -2.16. The third kappa shape index (κ3) is 5.22. The number of carbonyl (C=O) groups excluding carboxylic acids is 1. The quantitative estimate of drug-likeness (QED) is 0.811. The van der Waals surface area contributed by atoms with E-state index in [-0.39, 0.29) is 12.0 Å². The fraction of sp³-hybridized carbons (Fsp3) is 0.389. The predicted octanol–water partition coefficient (Wildman–Crippen LogP) is 3.65. The SMILES string of the molecule is CCCNc1nc(C)cc(C(=O)Nc2ccc(OC(C)C)cc2)n1. The van der Waals surface area contributed by atoms with Crippen molar-refractivity contribution in [3.8, 4) is 5.75 Å². The molecule has 0 bridgehead atoms. The fourth-order valence-corrected chi connectivity index (χ4v) is 2.08. The van der Waals surface area contributed by atoms with Crippen LogP contribution in [0.25, 0.3) is 0 Å². The van der Waals surface area contributed by atoms with E-state index in [0.29, 0.717) is 17.3 Å². The van der Waals surface area contributed by atoms with Gasteiger partial charge in [-0.05, 0) is 57.5 Å². The van der Waals surface area contributed by atoms with E-state index in [0.717, 1.165) is 24.4 Å². The second-order valence-electron chi connectivity index (χ2n) is 5.79. The van der Waals surface area contributed by atoms with Gasteiger partial charge >= 0.3 is 0 Å². The summed E-state index contributed by atoms with van der Waals surface area (Å²) in [6.45, 7) is 8.60. The van der Waals surface area contributed by atoms with Gasteiger partial charge < -0.3 is 15.4 Å². The third-order valence-corrected chi connectivity index (χ3v) is 3.10. The maximum Gasteiger partial charge on any atom is 0.274 e. The number of benzene rings is 1. The van der Waals surface area contributed by atoms with Crippen LogP contribution < -0.4 is 15.4 Å². The van der Waals surface area contributed by atoms with Gasteiger partial charge in [-0.25, -0.2) is 9.97 Å². The van der Waals surface area contributed by atoms with Crippen LogP contribution in [0, 0.1) is 6.92 Å². The molecule has 0 spiro atoms. The number of hydrogen-bond donors (Lipinski definition) is 2. The van der Waals surface area contributed by atoms with Gasteiger partial charge in [0.05, 0.1) is 6.10 Å². The van der Waals surface area contributed by atoms with E-state index in [1.807, 2.05) is 32.9 Å². The summed E-state index contributed by atoms with van der Waals surface area (Å²) in [5.41, 5.74) is 1.77. The number of aryl methyl sites for hydroxylation is 1. The monoisotopic (exact) mass is 328 g/mol. The minimum absolute atomic E-state index is 0.114. The Morgan fingerprint density at radius 2 is 1.92 bits per heavy atom. The van der Waals surface area contributed by atoms with E-state index in [1.54, 1.807) is 18.2 Å². The number of anilines is 2. The minimum Gasteiger partial charge on any atom is -0.491 e. The molecule has 0 aliphatic heterocycles. The maximum absolute atomic E-state index is 12.4. The molecule has 0 saturated carbocycles. The predicted molar refractivity (Wildman–Crippen MR) is 95.7 cm³/mol. The average molecular weight is 328 g/mol. The molecule has 2 N–H and O–H groups in total. The molecule has 0 radical (unpaired) electrons. The Balaban J connectivity index is 2.07. The molecule has 0 aliphatic carbocycles. The van der Waals surface area contributed by atoms with Gasteiger partial charge in [0.1, 0.15) is 11.4 Å². The van der Waals surface area contributed by atoms with Crippen LogP contribution >= 0.6 is 0 Å². The van der Waals surface area contributed by atoms with Gasteiger partial charge in [-0.15, -0.1) is 0 Å². The Labute approximate surface area is 142 Å². The Hall–Kier alpha value is -2.63. The molecule has 1 heterocycles. The normalized spacial score (nSPS) is 10.5. The first-order chi connectivity index (χ1) is 11.5. The van der Waals surface area contributed by atoms with Crippen molar-refractivity contribution in [1.29, 1.82) is 0 Å². The lowest BCUT2D eigenvalue weighted by Gasteiger charge is -2.11. The molecule has 0 atom stereocenters. The van der Waals surface area contributed by atoms with Crippen LogP contribution in [-0.2, 0) is 0 Å². The molecule has 1 aromatic heterocycles. The highest BCUT2D eigenvalue weighted by Gasteiger charge is 2.11. The van der Waals surface area contributed by atoms with E-state index < -0.39 is 0 Å². The van der Waals surface area contributed by atoms with Crippen molar-refractivity contribution < 1.29 is 9.53 Å². The van der Waals surface area contributed by atoms with Gasteiger partial charge in [-0.3, -0.25) is 4.79 Å². The number of carbonyl (C=O) groups is 1. The molecule has 2 aromatic rings. The molecule has 0 saturated heterocycles. The van der Waals surface area contributed by atoms with Gasteiger partial charge in [0, 0.05) is 17.9 Å². The molecule has 0 fully saturated rings. The van der Waals surface area contributed by atoms with Crippen molar-refractivity contribution in [3.63, 3.8) is 0 Å². The van der Waals surface area contributed by atoms with Gasteiger partial charge in [0.25, 0.3) is 5.91 Å². The van der Waals surface area contributed by atoms with E-state index in [2.05, 4.69) is 27.5 Å². The number of rotatable bonds is 7. The smallest absolute Gasteiger partial charge is 0.274 e. The number of hydrogen-bond acceptors (Lipinski definition) is 5. The minimum atomic E-state index is -0.266. The zero-order valence-corrected chi connectivity index (χ0v) is 14.6. The summed E-state index contributed by atoms with van der Waals surface area (Å²) in [5, 5.41) is 5.94. The van der Waals surface area contributed by atoms with Crippen LogP contribution in [0.2, 0.25) is 0 Å². The van der Waals surface area contributed by atoms with Crippen molar-refractivity contribution in [1.82, 2.24) is 9.97 Å². The van der Waals surface area contributed by atoms with Crippen LogP contribution in [-0.4, -0.2) is 28.5 Å². The first kappa shape index (κ1) is 17.7. The van der Waals surface area contributed by atoms with E-state index >= 15 is 0 Å². The summed E-state index contributed by atoms with van der Waals surface area (Å²) in [6, 6.07) is 8.94. The highest BCUT2D eigenvalue weighted by Crippen LogP contribution is 2.17. The maximum atomic E-state index is 12.4. The zero-order chi connectivity index (χ0) is 17.5. The number of amides is 1. The summed E-state index contributed by atoms with van der Waals surface area (Å²) in [4.78, 5) is 20.9. The van der Waals surface area contributed by atoms with E-state index in [4.69, 9.17) is 4.74 Å². The molecule has 1 amide bonds. The van der Waals surface area contributed by atoms with Gasteiger partial charge in [0.15, 0.2) is 0 Å². The van der Waals surface area contributed by atoms with Crippen LogP contribution in [0.15, 0.2) is 30.3 Å². The van der Waals surface area contributed by atoms with Crippen LogP contribution in [0.5, 0.6) is 5.75 Å². The van der Waals surface area contributed by atoms with Gasteiger partial charge in [0.2, 0.25) is 5.95 Å². The molecule has 0 unspecified atom stereocenters. The lowest BCUT2D eigenvalue weighted by molar-refractivity contribution is 0.102. The summed E-state index contributed by atoms with van der Waals surface area (Å²) in [6.07, 6.45) is 1.08. The molecule has 1 aromatic carbocycles. The number of nitrogens with one attached hydrogen (secondary N) is 2. The summed E-state index contributed by atoms with van der Waals surface area (Å²) < 4.78 is 5.59. The van der Waals surface area contributed by atoms with Crippen molar-refractivity contribution in [2.75, 3.05) is 17.2 Å². The highest BCUT2D eigenvalue weighted by atomic mass is 16.5. The molecule has 0 aliphatic rings. The summed E-state index contributed by atoms with van der Waals surface area (Å²) in [7, 11) is 0. The third-order valence-electron chi connectivity index (χ3n) is 3.10. The number of nitrogens with zero attached hydrogens (tertiary/aromatic N) is 2. The first-order valence-corrected chi connectivity index (χ1v) is 8.15. The second kappa shape index (κ2) is 8.29. The van der Waals surface area contributed by atoms with Crippen molar-refractivity contribution in [3.05, 3.63) is 41.7 Å². The Kier molecular flexibility index (Phi) is 6.12. The highest BCUT2D eigenvalue weighted by molar-refractivity contribution is 6.03.